The fraction of sp³-hybridized carbons (Fsp3) is 0.0526. The third kappa shape index (κ3) is 3.95. The second-order valence-corrected chi connectivity index (χ2v) is 4.99. The minimum absolute atomic E-state index is 0.649. The first-order chi connectivity index (χ1) is 11.3. The van der Waals surface area contributed by atoms with Crippen molar-refractivity contribution in [1.82, 2.24) is 9.97 Å². The molecule has 114 valence electrons. The normalized spacial score (nSPS) is 10.1. The molecular formula is C19H18N4. The zero-order chi connectivity index (χ0) is 15.9. The van der Waals surface area contributed by atoms with E-state index in [9.17, 15) is 0 Å². The molecule has 2 aromatic carbocycles. The van der Waals surface area contributed by atoms with Crippen molar-refractivity contribution in [2.24, 2.45) is 0 Å². The summed E-state index contributed by atoms with van der Waals surface area (Å²) in [6, 6.07) is 21.8. The summed E-state index contributed by atoms with van der Waals surface area (Å²) in [4.78, 5) is 9.19. The Kier molecular flexibility index (Phi) is 4.64. The Balaban J connectivity index is 1.96. The molecule has 0 atom stereocenters. The van der Waals surface area contributed by atoms with E-state index in [1.165, 1.54) is 0 Å². The fourth-order valence-electron chi connectivity index (χ4n) is 2.16. The van der Waals surface area contributed by atoms with E-state index >= 15 is 0 Å². The van der Waals surface area contributed by atoms with Gasteiger partial charge < -0.3 is 10.6 Å². The average molecular weight is 302 g/mol. The number of aromatic nitrogens is 2. The number of nitrogens with zero attached hydrogens (tertiary/aromatic N) is 2. The first-order valence-corrected chi connectivity index (χ1v) is 7.46. The van der Waals surface area contributed by atoms with Crippen LogP contribution in [0.4, 0.5) is 17.3 Å². The van der Waals surface area contributed by atoms with Gasteiger partial charge in [0.05, 0.1) is 0 Å². The molecule has 0 amide bonds. The summed E-state index contributed by atoms with van der Waals surface area (Å²) in [6.45, 7) is 4.37. The van der Waals surface area contributed by atoms with Crippen LogP contribution in [0.15, 0.2) is 79.4 Å². The van der Waals surface area contributed by atoms with Gasteiger partial charge >= 0.3 is 0 Å². The van der Waals surface area contributed by atoms with Gasteiger partial charge in [-0.25, -0.2) is 9.97 Å². The third-order valence-electron chi connectivity index (χ3n) is 3.23. The maximum atomic E-state index is 4.62. The van der Waals surface area contributed by atoms with E-state index < -0.39 is 0 Å². The van der Waals surface area contributed by atoms with Gasteiger partial charge in [0.15, 0.2) is 5.82 Å². The topological polar surface area (TPSA) is 49.8 Å². The predicted molar refractivity (Wildman–Crippen MR) is 95.9 cm³/mol. The summed E-state index contributed by atoms with van der Waals surface area (Å²) in [5, 5.41) is 6.54. The molecule has 4 heteroatoms. The molecule has 3 aromatic rings. The molecule has 1 aromatic heterocycles. The van der Waals surface area contributed by atoms with Crippen LogP contribution in [0.1, 0.15) is 0 Å². The van der Waals surface area contributed by atoms with Gasteiger partial charge in [-0.15, -0.1) is 6.58 Å². The van der Waals surface area contributed by atoms with Crippen LogP contribution in [0.2, 0.25) is 0 Å². The van der Waals surface area contributed by atoms with Crippen LogP contribution in [0.3, 0.4) is 0 Å². The van der Waals surface area contributed by atoms with E-state index in [0.717, 1.165) is 22.9 Å². The predicted octanol–water partition coefficient (Wildman–Crippen LogP) is 4.49. The molecule has 4 nitrogen and oxygen atoms in total. The average Bonchev–Trinajstić information content (AvgIpc) is 2.61. The fourth-order valence-corrected chi connectivity index (χ4v) is 2.16. The van der Waals surface area contributed by atoms with Crippen LogP contribution in [0, 0.1) is 0 Å². The lowest BCUT2D eigenvalue weighted by molar-refractivity contribution is 1.15. The highest BCUT2D eigenvalue weighted by molar-refractivity contribution is 5.65. The minimum Gasteiger partial charge on any atom is -0.366 e. The summed E-state index contributed by atoms with van der Waals surface area (Å²) >= 11 is 0. The zero-order valence-corrected chi connectivity index (χ0v) is 12.7. The summed E-state index contributed by atoms with van der Waals surface area (Å²) in [6.07, 6.45) is 1.80. The summed E-state index contributed by atoms with van der Waals surface area (Å²) in [5.41, 5.74) is 1.96. The van der Waals surface area contributed by atoms with Gasteiger partial charge in [0.1, 0.15) is 11.6 Å². The zero-order valence-electron chi connectivity index (χ0n) is 12.7. The Hall–Kier alpha value is -3.14. The number of anilines is 3. The molecule has 0 aliphatic rings. The van der Waals surface area contributed by atoms with Gasteiger partial charge in [0.25, 0.3) is 0 Å². The number of nitrogens with one attached hydrogen (secondary N) is 2. The first-order valence-electron chi connectivity index (χ1n) is 7.46. The van der Waals surface area contributed by atoms with Crippen molar-refractivity contribution in [1.29, 1.82) is 0 Å². The van der Waals surface area contributed by atoms with E-state index in [1.807, 2.05) is 66.7 Å². The SMILES string of the molecule is C=CCNc1cc(Nc2ccccc2)nc(-c2ccccc2)n1. The van der Waals surface area contributed by atoms with Crippen LogP contribution in [0.5, 0.6) is 0 Å². The maximum Gasteiger partial charge on any atom is 0.163 e. The monoisotopic (exact) mass is 302 g/mol. The number of hydrogen-bond donors (Lipinski definition) is 2. The summed E-state index contributed by atoms with van der Waals surface area (Å²) in [5.74, 6) is 2.19. The second-order valence-electron chi connectivity index (χ2n) is 4.99. The van der Waals surface area contributed by atoms with Crippen molar-refractivity contribution in [3.05, 3.63) is 79.4 Å². The summed E-state index contributed by atoms with van der Waals surface area (Å²) < 4.78 is 0. The highest BCUT2D eigenvalue weighted by atomic mass is 15.1. The van der Waals surface area contributed by atoms with Crippen molar-refractivity contribution in [2.45, 2.75) is 0 Å². The lowest BCUT2D eigenvalue weighted by atomic mass is 10.2. The molecule has 0 fully saturated rings. The van der Waals surface area contributed by atoms with E-state index in [0.29, 0.717) is 12.4 Å². The van der Waals surface area contributed by atoms with Crippen LogP contribution in [-0.4, -0.2) is 16.5 Å². The molecule has 1 heterocycles. The molecule has 0 saturated heterocycles. The molecule has 0 aliphatic heterocycles. The molecule has 3 rings (SSSR count). The molecule has 23 heavy (non-hydrogen) atoms. The largest absolute Gasteiger partial charge is 0.366 e. The highest BCUT2D eigenvalue weighted by Gasteiger charge is 2.07. The number of benzene rings is 2. The van der Waals surface area contributed by atoms with E-state index in [4.69, 9.17) is 0 Å². The number of hydrogen-bond acceptors (Lipinski definition) is 4. The van der Waals surface area contributed by atoms with Gasteiger partial charge in [-0.3, -0.25) is 0 Å². The Morgan fingerprint density at radius 1 is 0.870 bits per heavy atom. The standard InChI is InChI=1S/C19H18N4/c1-2-13-20-17-14-18(21-16-11-7-4-8-12-16)23-19(22-17)15-9-5-3-6-10-15/h2-12,14H,1,13H2,(H2,20,21,22,23). The van der Waals surface area contributed by atoms with Crippen molar-refractivity contribution >= 4 is 17.3 Å². The van der Waals surface area contributed by atoms with E-state index in [-0.39, 0.29) is 0 Å². The Morgan fingerprint density at radius 3 is 2.22 bits per heavy atom. The van der Waals surface area contributed by atoms with Crippen LogP contribution in [0.25, 0.3) is 11.4 Å². The Bertz CT molecular complexity index is 770. The van der Waals surface area contributed by atoms with Crippen LogP contribution >= 0.6 is 0 Å². The number of rotatable bonds is 6. The van der Waals surface area contributed by atoms with Gasteiger partial charge in [0, 0.05) is 23.9 Å². The molecule has 2 N–H and O–H groups in total. The van der Waals surface area contributed by atoms with E-state index in [2.05, 4.69) is 27.2 Å². The highest BCUT2D eigenvalue weighted by Crippen LogP contribution is 2.22. The van der Waals surface area contributed by atoms with Crippen LogP contribution < -0.4 is 10.6 Å². The minimum atomic E-state index is 0.649. The van der Waals surface area contributed by atoms with Gasteiger partial charge in [-0.2, -0.15) is 0 Å². The molecule has 0 bridgehead atoms. The molecule has 0 aliphatic carbocycles. The summed E-state index contributed by atoms with van der Waals surface area (Å²) in [7, 11) is 0. The molecular weight excluding hydrogens is 284 g/mol. The molecule has 0 saturated carbocycles. The van der Waals surface area contributed by atoms with Crippen molar-refractivity contribution in [3.8, 4) is 11.4 Å². The van der Waals surface area contributed by atoms with Gasteiger partial charge in [0.2, 0.25) is 0 Å². The van der Waals surface area contributed by atoms with Crippen LogP contribution in [-0.2, 0) is 0 Å². The molecule has 0 unspecified atom stereocenters. The molecule has 0 spiro atoms. The molecule has 0 radical (unpaired) electrons. The lowest BCUT2D eigenvalue weighted by Crippen LogP contribution is -2.04. The smallest absolute Gasteiger partial charge is 0.163 e. The van der Waals surface area contributed by atoms with Crippen molar-refractivity contribution < 1.29 is 0 Å². The number of para-hydroxylation sites is 1. The van der Waals surface area contributed by atoms with Gasteiger partial charge in [-0.05, 0) is 12.1 Å². The Labute approximate surface area is 135 Å². The van der Waals surface area contributed by atoms with Gasteiger partial charge in [-0.1, -0.05) is 54.6 Å². The second kappa shape index (κ2) is 7.22. The Morgan fingerprint density at radius 2 is 1.52 bits per heavy atom. The first kappa shape index (κ1) is 14.8. The van der Waals surface area contributed by atoms with E-state index in [1.54, 1.807) is 6.08 Å². The van der Waals surface area contributed by atoms with Crippen molar-refractivity contribution in [3.63, 3.8) is 0 Å². The third-order valence-corrected chi connectivity index (χ3v) is 3.23. The van der Waals surface area contributed by atoms with Crippen molar-refractivity contribution in [2.75, 3.05) is 17.2 Å². The lowest BCUT2D eigenvalue weighted by Gasteiger charge is -2.11. The maximum absolute atomic E-state index is 4.62. The quantitative estimate of drug-likeness (QED) is 0.659.